The Hall–Kier alpha value is -8.02. The van der Waals surface area contributed by atoms with Crippen molar-refractivity contribution in [2.24, 2.45) is 31.5 Å². The van der Waals surface area contributed by atoms with Gasteiger partial charge in [0.1, 0.15) is 28.6 Å². The summed E-state index contributed by atoms with van der Waals surface area (Å²) in [6, 6.07) is 25.9. The van der Waals surface area contributed by atoms with Gasteiger partial charge in [-0.25, -0.2) is 31.6 Å². The monoisotopic (exact) mass is 1060 g/mol. The van der Waals surface area contributed by atoms with Crippen molar-refractivity contribution in [3.63, 3.8) is 0 Å². The van der Waals surface area contributed by atoms with Crippen molar-refractivity contribution in [3.05, 3.63) is 144 Å². The molecular weight excluding hydrogens is 1010 g/mol. The molecule has 0 amide bonds. The predicted molar refractivity (Wildman–Crippen MR) is 267 cm³/mol. The zero-order chi connectivity index (χ0) is 53.6. The Morgan fingerprint density at radius 2 is 1.20 bits per heavy atom. The smallest absolute Gasteiger partial charge is 0.420 e. The largest absolute Gasteiger partial charge is 0.508 e. The van der Waals surface area contributed by atoms with E-state index in [1.807, 2.05) is 13.8 Å². The van der Waals surface area contributed by atoms with Gasteiger partial charge in [-0.15, -0.1) is 0 Å². The van der Waals surface area contributed by atoms with Gasteiger partial charge in [-0.05, 0) is 154 Å². The van der Waals surface area contributed by atoms with Crippen LogP contribution < -0.4 is 24.1 Å². The van der Waals surface area contributed by atoms with Crippen LogP contribution in [0.25, 0.3) is 11.1 Å². The number of phenolic OH excluding ortho intramolecular Hbond substituents is 1. The molecule has 388 valence electrons. The molecule has 0 radical (unpaired) electrons. The lowest BCUT2D eigenvalue weighted by Gasteiger charge is -2.14. The number of carbonyl (C=O) groups excluding carboxylic acids is 3. The number of nitrogens with zero attached hydrogens (tertiary/aromatic N) is 4. The molecular formula is C51H49F3N6O12S2. The van der Waals surface area contributed by atoms with Gasteiger partial charge in [0.25, 0.3) is 0 Å². The van der Waals surface area contributed by atoms with E-state index < -0.39 is 55.2 Å². The average molecular weight is 1060 g/mol. The number of unbranched alkanes of at least 4 members (excludes halogenated alkanes) is 3. The molecule has 1 atom stereocenters. The van der Waals surface area contributed by atoms with E-state index in [1.54, 1.807) is 37.3 Å². The van der Waals surface area contributed by atoms with Crippen LogP contribution in [0.15, 0.2) is 147 Å². The van der Waals surface area contributed by atoms with E-state index >= 15 is 0 Å². The minimum Gasteiger partial charge on any atom is -0.508 e. The number of nitrogens with two attached hydrogens (primary N) is 1. The summed E-state index contributed by atoms with van der Waals surface area (Å²) in [5, 5.41) is 31.2. The third-order valence-corrected chi connectivity index (χ3v) is 12.3. The Bertz CT molecular complexity index is 3250. The number of phenols is 1. The van der Waals surface area contributed by atoms with Crippen molar-refractivity contribution in [2.75, 3.05) is 17.9 Å². The van der Waals surface area contributed by atoms with Crippen molar-refractivity contribution in [1.82, 2.24) is 0 Å². The molecule has 4 N–H and O–H groups in total. The second-order valence-corrected chi connectivity index (χ2v) is 18.7. The maximum absolute atomic E-state index is 14.1. The van der Waals surface area contributed by atoms with E-state index in [2.05, 4.69) is 25.2 Å². The molecule has 0 saturated heterocycles. The minimum atomic E-state index is -5.00. The normalized spacial score (nSPS) is 12.2. The number of primary sulfonamides is 1. The van der Waals surface area contributed by atoms with Gasteiger partial charge in [-0.3, -0.25) is 9.52 Å². The van der Waals surface area contributed by atoms with E-state index in [0.717, 1.165) is 68.5 Å². The highest BCUT2D eigenvalue weighted by Crippen LogP contribution is 2.41. The van der Waals surface area contributed by atoms with Crippen LogP contribution in [0.2, 0.25) is 0 Å². The lowest BCUT2D eigenvalue weighted by atomic mass is 10.0. The number of hydrogen-bond acceptors (Lipinski definition) is 16. The first-order chi connectivity index (χ1) is 35.2. The number of rotatable bonds is 22. The Morgan fingerprint density at radius 3 is 1.77 bits per heavy atom. The fraction of sp³-hybridized carbons (Fsp3) is 0.235. The molecule has 6 aromatic rings. The Balaban J connectivity index is 1.10. The van der Waals surface area contributed by atoms with Crippen LogP contribution in [0.3, 0.4) is 0 Å². The second-order valence-electron chi connectivity index (χ2n) is 16.4. The molecule has 23 heteroatoms. The molecule has 0 spiro atoms. The lowest BCUT2D eigenvalue weighted by molar-refractivity contribution is -0.148. The number of ether oxygens (including phenoxy) is 4. The number of benzene rings is 6. The Labute approximate surface area is 425 Å². The SMILES string of the molecule is CCC(C)C(=O)OCCCCCCOc1ccc(C(=O)Oc2ccc(N=Nc3ccc(-c4ccc(N=Nc5ccc(OC(=O)c6ccc(O)cc6)c(C(F)(F)F)c5)cc4N[SH](=O)=O)c(S(N)(=O)=O)c3)cc2C)cc1. The highest BCUT2D eigenvalue weighted by Gasteiger charge is 2.35. The molecule has 0 bridgehead atoms. The van der Waals surface area contributed by atoms with E-state index in [1.165, 1.54) is 48.5 Å². The molecule has 0 heterocycles. The van der Waals surface area contributed by atoms with Crippen molar-refractivity contribution >= 4 is 67.3 Å². The van der Waals surface area contributed by atoms with Gasteiger partial charge >= 0.3 is 24.1 Å². The van der Waals surface area contributed by atoms with Crippen LogP contribution in [-0.4, -0.2) is 53.1 Å². The second kappa shape index (κ2) is 25.1. The van der Waals surface area contributed by atoms with Crippen molar-refractivity contribution in [3.8, 4) is 34.1 Å². The number of thiol groups is 1. The van der Waals surface area contributed by atoms with Crippen LogP contribution >= 0.6 is 0 Å². The molecule has 0 aliphatic rings. The van der Waals surface area contributed by atoms with Crippen molar-refractivity contribution < 1.29 is 68.4 Å². The average Bonchev–Trinajstić information content (AvgIpc) is 3.36. The number of esters is 3. The molecule has 0 saturated carbocycles. The Kier molecular flexibility index (Phi) is 18.7. The topological polar surface area (TPSA) is 264 Å². The summed E-state index contributed by atoms with van der Waals surface area (Å²) in [6.45, 7) is 6.36. The fourth-order valence-corrected chi connectivity index (χ4v) is 7.97. The van der Waals surface area contributed by atoms with Gasteiger partial charge in [0.05, 0.1) is 63.6 Å². The summed E-state index contributed by atoms with van der Waals surface area (Å²) in [4.78, 5) is 36.8. The van der Waals surface area contributed by atoms with E-state index in [-0.39, 0.29) is 68.4 Å². The lowest BCUT2D eigenvalue weighted by Crippen LogP contribution is -2.14. The van der Waals surface area contributed by atoms with Gasteiger partial charge in [-0.1, -0.05) is 26.0 Å². The molecule has 74 heavy (non-hydrogen) atoms. The predicted octanol–water partition coefficient (Wildman–Crippen LogP) is 11.8. The standard InChI is InChI=1S/C51H49F3N6O12S2/c1-4-31(2)48(62)70-26-8-6-5-7-25-69-40-19-11-34(12-20-40)49(63)71-45-23-15-35(27-32(45)3)56-59-38-14-22-42(47(30-38)74(55,67)68)41-21-13-37(29-44(41)60-73(65)66)58-57-36-16-24-46(43(28-36)51(52,53)54)72-50(64)33-9-17-39(61)18-10-33/h9-24,27-31,61,73H,4-8,25-26H2,1-3H3,(H2,55,67,68)(H,60,65,66). The van der Waals surface area contributed by atoms with Crippen LogP contribution in [0.4, 0.5) is 41.6 Å². The van der Waals surface area contributed by atoms with E-state index in [9.17, 15) is 49.5 Å². The molecule has 0 aliphatic heterocycles. The molecule has 18 nitrogen and oxygen atoms in total. The van der Waals surface area contributed by atoms with Crippen LogP contribution in [-0.2, 0) is 36.6 Å². The number of halogens is 3. The molecule has 0 aromatic heterocycles. The number of hydrogen-bond donors (Lipinski definition) is 4. The number of sulfonamides is 1. The third kappa shape index (κ3) is 15.7. The van der Waals surface area contributed by atoms with Gasteiger partial charge in [0, 0.05) is 11.1 Å². The van der Waals surface area contributed by atoms with E-state index in [0.29, 0.717) is 36.3 Å². The maximum Gasteiger partial charge on any atom is 0.420 e. The number of anilines is 1. The molecule has 0 aliphatic carbocycles. The number of alkyl halides is 3. The third-order valence-electron chi connectivity index (χ3n) is 10.9. The van der Waals surface area contributed by atoms with Crippen LogP contribution in [0, 0.1) is 12.8 Å². The first-order valence-corrected chi connectivity index (χ1v) is 25.4. The molecule has 6 aromatic carbocycles. The van der Waals surface area contributed by atoms with Gasteiger partial charge in [0.2, 0.25) is 20.9 Å². The maximum atomic E-state index is 14.1. The molecule has 1 unspecified atom stereocenters. The zero-order valence-electron chi connectivity index (χ0n) is 39.9. The summed E-state index contributed by atoms with van der Waals surface area (Å²) in [7, 11) is -7.88. The number of aryl methyl sites for hydroxylation is 1. The summed E-state index contributed by atoms with van der Waals surface area (Å²) in [5.41, 5.74) is -0.968. The summed E-state index contributed by atoms with van der Waals surface area (Å²) in [5.74, 6) is -2.16. The van der Waals surface area contributed by atoms with Crippen molar-refractivity contribution in [1.29, 1.82) is 0 Å². The van der Waals surface area contributed by atoms with Crippen molar-refractivity contribution in [2.45, 2.75) is 63.9 Å². The highest BCUT2D eigenvalue weighted by atomic mass is 32.2. The summed E-state index contributed by atoms with van der Waals surface area (Å²) in [6.07, 6.45) is -0.855. The summed E-state index contributed by atoms with van der Waals surface area (Å²) < 4.78 is 116. The molecule has 6 rings (SSSR count). The van der Waals surface area contributed by atoms with Crippen LogP contribution in [0.1, 0.15) is 77.8 Å². The van der Waals surface area contributed by atoms with Gasteiger partial charge in [0.15, 0.2) is 0 Å². The quantitative estimate of drug-likeness (QED) is 0.0163. The Morgan fingerprint density at radius 1 is 0.689 bits per heavy atom. The number of azo groups is 2. The first-order valence-electron chi connectivity index (χ1n) is 22.7. The zero-order valence-corrected chi connectivity index (χ0v) is 41.6. The van der Waals surface area contributed by atoms with Gasteiger partial charge < -0.3 is 24.1 Å². The molecule has 0 fully saturated rings. The fourth-order valence-electron chi connectivity index (χ4n) is 6.81. The first kappa shape index (κ1) is 55.3. The van der Waals surface area contributed by atoms with Gasteiger partial charge in [-0.2, -0.15) is 33.6 Å². The number of aromatic hydroxyl groups is 1. The number of carbonyl (C=O) groups is 3. The summed E-state index contributed by atoms with van der Waals surface area (Å²) >= 11 is 0. The minimum absolute atomic E-state index is 0.0114. The highest BCUT2D eigenvalue weighted by molar-refractivity contribution is 7.89. The van der Waals surface area contributed by atoms with Crippen LogP contribution in [0.5, 0.6) is 23.0 Å². The number of nitrogens with one attached hydrogen (secondary N) is 1. The van der Waals surface area contributed by atoms with E-state index in [4.69, 9.17) is 24.1 Å².